The molecule has 1 amide bonds. The first-order valence-electron chi connectivity index (χ1n) is 8.66. The quantitative estimate of drug-likeness (QED) is 0.864. The zero-order valence-electron chi connectivity index (χ0n) is 14.4. The molecular formula is C20H24FN2O2+. The van der Waals surface area contributed by atoms with Gasteiger partial charge in [-0.05, 0) is 36.8 Å². The molecule has 0 bridgehead atoms. The van der Waals surface area contributed by atoms with Gasteiger partial charge in [0.15, 0.2) is 0 Å². The lowest BCUT2D eigenvalue weighted by Gasteiger charge is -2.28. The van der Waals surface area contributed by atoms with Gasteiger partial charge < -0.3 is 15.0 Å². The summed E-state index contributed by atoms with van der Waals surface area (Å²) in [6, 6.07) is 13.8. The summed E-state index contributed by atoms with van der Waals surface area (Å²) < 4.78 is 18.5. The van der Waals surface area contributed by atoms with E-state index in [9.17, 15) is 9.18 Å². The average molecular weight is 343 g/mol. The topological polar surface area (TPSA) is 42.8 Å². The number of carbonyl (C=O) groups is 1. The van der Waals surface area contributed by atoms with Crippen molar-refractivity contribution in [2.24, 2.45) is 0 Å². The zero-order chi connectivity index (χ0) is 17.6. The van der Waals surface area contributed by atoms with Gasteiger partial charge in [0.2, 0.25) is 0 Å². The average Bonchev–Trinajstić information content (AvgIpc) is 2.63. The Balaban J connectivity index is 1.76. The Morgan fingerprint density at radius 3 is 2.40 bits per heavy atom. The molecule has 1 aliphatic rings. The SMILES string of the molecule is Cc1ccc([C@@H](C[NH+]2CCOCC2)NC(=O)c2ccc(F)cc2)cc1. The van der Waals surface area contributed by atoms with Crippen LogP contribution in [0.1, 0.15) is 27.5 Å². The molecule has 2 N–H and O–H groups in total. The van der Waals surface area contributed by atoms with Crippen molar-refractivity contribution in [3.63, 3.8) is 0 Å². The molecule has 25 heavy (non-hydrogen) atoms. The van der Waals surface area contributed by atoms with Gasteiger partial charge in [-0.15, -0.1) is 0 Å². The van der Waals surface area contributed by atoms with Crippen LogP contribution in [0.25, 0.3) is 0 Å². The van der Waals surface area contributed by atoms with Crippen molar-refractivity contribution < 1.29 is 18.8 Å². The highest BCUT2D eigenvalue weighted by Crippen LogP contribution is 2.14. The largest absolute Gasteiger partial charge is 0.370 e. The van der Waals surface area contributed by atoms with Gasteiger partial charge in [-0.25, -0.2) is 4.39 Å². The molecule has 3 rings (SSSR count). The van der Waals surface area contributed by atoms with Crippen LogP contribution in [0.3, 0.4) is 0 Å². The molecule has 2 aromatic carbocycles. The number of aryl methyl sites for hydroxylation is 1. The van der Waals surface area contributed by atoms with Gasteiger partial charge in [0, 0.05) is 5.56 Å². The third-order valence-corrected chi connectivity index (χ3v) is 4.58. The van der Waals surface area contributed by atoms with Crippen LogP contribution >= 0.6 is 0 Å². The fourth-order valence-electron chi connectivity index (χ4n) is 3.05. The van der Waals surface area contributed by atoms with Crippen LogP contribution in [0.15, 0.2) is 48.5 Å². The molecule has 4 nitrogen and oxygen atoms in total. The molecule has 0 aromatic heterocycles. The summed E-state index contributed by atoms with van der Waals surface area (Å²) in [5, 5.41) is 3.11. The van der Waals surface area contributed by atoms with Gasteiger partial charge in [-0.2, -0.15) is 0 Å². The maximum Gasteiger partial charge on any atom is 0.251 e. The number of halogens is 1. The summed E-state index contributed by atoms with van der Waals surface area (Å²) in [4.78, 5) is 14.0. The van der Waals surface area contributed by atoms with E-state index in [4.69, 9.17) is 4.74 Å². The second-order valence-corrected chi connectivity index (χ2v) is 6.51. The van der Waals surface area contributed by atoms with Crippen LogP contribution in [0, 0.1) is 12.7 Å². The molecule has 1 atom stereocenters. The molecule has 0 spiro atoms. The van der Waals surface area contributed by atoms with Crippen molar-refractivity contribution in [2.75, 3.05) is 32.8 Å². The number of benzene rings is 2. The molecular weight excluding hydrogens is 319 g/mol. The smallest absolute Gasteiger partial charge is 0.251 e. The minimum absolute atomic E-state index is 0.0914. The summed E-state index contributed by atoms with van der Waals surface area (Å²) in [6.45, 7) is 6.23. The summed E-state index contributed by atoms with van der Waals surface area (Å²) >= 11 is 0. The predicted molar refractivity (Wildman–Crippen MR) is 94.2 cm³/mol. The summed E-state index contributed by atoms with van der Waals surface area (Å²) in [7, 11) is 0. The molecule has 0 aliphatic carbocycles. The molecule has 0 saturated carbocycles. The first-order chi connectivity index (χ1) is 12.1. The Labute approximate surface area is 147 Å². The third-order valence-electron chi connectivity index (χ3n) is 4.58. The highest BCUT2D eigenvalue weighted by Gasteiger charge is 2.23. The number of morpholine rings is 1. The number of amides is 1. The minimum atomic E-state index is -0.343. The molecule has 2 aromatic rings. The Hall–Kier alpha value is -2.24. The Morgan fingerprint density at radius 1 is 1.12 bits per heavy atom. The first-order valence-corrected chi connectivity index (χ1v) is 8.66. The van der Waals surface area contributed by atoms with E-state index in [0.717, 1.165) is 38.4 Å². The van der Waals surface area contributed by atoms with Crippen molar-refractivity contribution in [1.82, 2.24) is 5.32 Å². The fraction of sp³-hybridized carbons (Fsp3) is 0.350. The molecule has 0 unspecified atom stereocenters. The fourth-order valence-corrected chi connectivity index (χ4v) is 3.05. The van der Waals surface area contributed by atoms with Crippen LogP contribution in [0.4, 0.5) is 4.39 Å². The van der Waals surface area contributed by atoms with Crippen LogP contribution in [0.2, 0.25) is 0 Å². The Bertz CT molecular complexity index is 695. The number of nitrogens with one attached hydrogen (secondary N) is 2. The number of carbonyl (C=O) groups excluding carboxylic acids is 1. The zero-order valence-corrected chi connectivity index (χ0v) is 14.4. The van der Waals surface area contributed by atoms with E-state index in [1.807, 2.05) is 6.92 Å². The highest BCUT2D eigenvalue weighted by atomic mass is 19.1. The second-order valence-electron chi connectivity index (χ2n) is 6.51. The lowest BCUT2D eigenvalue weighted by atomic mass is 10.0. The number of hydrogen-bond donors (Lipinski definition) is 2. The standard InChI is InChI=1S/C20H23FN2O2/c1-15-2-4-16(5-3-15)19(14-23-10-12-25-13-11-23)22-20(24)17-6-8-18(21)9-7-17/h2-9,19H,10-14H2,1H3,(H,22,24)/p+1/t19-/m1/s1. The van der Waals surface area contributed by atoms with Gasteiger partial charge in [0.1, 0.15) is 31.5 Å². The van der Waals surface area contributed by atoms with Gasteiger partial charge in [-0.1, -0.05) is 29.8 Å². The van der Waals surface area contributed by atoms with E-state index in [2.05, 4.69) is 29.6 Å². The monoisotopic (exact) mass is 343 g/mol. The van der Waals surface area contributed by atoms with Crippen LogP contribution in [-0.2, 0) is 4.74 Å². The van der Waals surface area contributed by atoms with E-state index in [-0.39, 0.29) is 17.8 Å². The highest BCUT2D eigenvalue weighted by molar-refractivity contribution is 5.94. The summed E-state index contributed by atoms with van der Waals surface area (Å²) in [6.07, 6.45) is 0. The van der Waals surface area contributed by atoms with Crippen molar-refractivity contribution >= 4 is 5.91 Å². The van der Waals surface area contributed by atoms with Gasteiger partial charge in [0.05, 0.1) is 13.2 Å². The summed E-state index contributed by atoms with van der Waals surface area (Å²) in [5.41, 5.74) is 2.74. The number of rotatable bonds is 5. The maximum atomic E-state index is 13.1. The van der Waals surface area contributed by atoms with E-state index in [1.54, 1.807) is 0 Å². The Morgan fingerprint density at radius 2 is 1.76 bits per heavy atom. The van der Waals surface area contributed by atoms with Crippen molar-refractivity contribution in [1.29, 1.82) is 0 Å². The normalized spacial score (nSPS) is 16.4. The molecule has 1 aliphatic heterocycles. The number of hydrogen-bond acceptors (Lipinski definition) is 2. The minimum Gasteiger partial charge on any atom is -0.370 e. The lowest BCUT2D eigenvalue weighted by molar-refractivity contribution is -0.909. The maximum absolute atomic E-state index is 13.1. The van der Waals surface area contributed by atoms with E-state index >= 15 is 0 Å². The van der Waals surface area contributed by atoms with Gasteiger partial charge in [-0.3, -0.25) is 4.79 Å². The lowest BCUT2D eigenvalue weighted by Crippen LogP contribution is -3.14. The van der Waals surface area contributed by atoms with Crippen molar-refractivity contribution in [3.05, 3.63) is 71.0 Å². The van der Waals surface area contributed by atoms with Crippen LogP contribution < -0.4 is 10.2 Å². The third kappa shape index (κ3) is 4.87. The van der Waals surface area contributed by atoms with E-state index in [1.165, 1.54) is 34.7 Å². The van der Waals surface area contributed by atoms with Gasteiger partial charge in [0.25, 0.3) is 5.91 Å². The molecule has 132 valence electrons. The van der Waals surface area contributed by atoms with Crippen molar-refractivity contribution in [3.8, 4) is 0 Å². The molecule has 1 fully saturated rings. The molecule has 1 heterocycles. The Kier molecular flexibility index (Phi) is 5.79. The van der Waals surface area contributed by atoms with Crippen LogP contribution in [0.5, 0.6) is 0 Å². The van der Waals surface area contributed by atoms with Gasteiger partial charge >= 0.3 is 0 Å². The second kappa shape index (κ2) is 8.23. The molecule has 1 saturated heterocycles. The van der Waals surface area contributed by atoms with E-state index < -0.39 is 0 Å². The van der Waals surface area contributed by atoms with Crippen LogP contribution in [-0.4, -0.2) is 38.8 Å². The predicted octanol–water partition coefficient (Wildman–Crippen LogP) is 1.52. The number of ether oxygens (including phenoxy) is 1. The molecule has 0 radical (unpaired) electrons. The van der Waals surface area contributed by atoms with E-state index in [0.29, 0.717) is 5.56 Å². The van der Waals surface area contributed by atoms with Crippen molar-refractivity contribution in [2.45, 2.75) is 13.0 Å². The molecule has 5 heteroatoms. The first kappa shape index (κ1) is 17.6. The summed E-state index contributed by atoms with van der Waals surface area (Å²) in [5.74, 6) is -0.525. The number of quaternary nitrogens is 1.